The molecular weight excluding hydrogens is 462 g/mol. The molecule has 1 saturated heterocycles. The number of benzene rings is 2. The van der Waals surface area contributed by atoms with Gasteiger partial charge in [0.2, 0.25) is 5.13 Å². The van der Waals surface area contributed by atoms with E-state index < -0.39 is 0 Å². The van der Waals surface area contributed by atoms with Gasteiger partial charge in [-0.05, 0) is 60.2 Å². The standard InChI is InChI=1S/C24H20ClN3O2S2/c1-3-12-28-22(29)21(32-24(28)27-23-26-16(2)15-31-23)13-17-6-10-20(11-7-17)30-14-18-4-8-19(25)9-5-18/h3-11,13,15H,1,12,14H2,2H3/b21-13-,27-24+. The second kappa shape index (κ2) is 10.2. The van der Waals surface area contributed by atoms with Crippen molar-refractivity contribution in [1.29, 1.82) is 0 Å². The summed E-state index contributed by atoms with van der Waals surface area (Å²) < 4.78 is 5.83. The van der Waals surface area contributed by atoms with Gasteiger partial charge in [-0.2, -0.15) is 4.99 Å². The number of hydrogen-bond acceptors (Lipinski definition) is 6. The summed E-state index contributed by atoms with van der Waals surface area (Å²) in [5, 5.41) is 3.88. The number of nitrogens with zero attached hydrogens (tertiary/aromatic N) is 3. The lowest BCUT2D eigenvalue weighted by atomic mass is 10.2. The van der Waals surface area contributed by atoms with Crippen LogP contribution in [0.1, 0.15) is 16.8 Å². The SMILES string of the molecule is C=CCN1C(=O)/C(=C/c2ccc(OCc3ccc(Cl)cc3)cc2)S/C1=N/c1nc(C)cs1. The average Bonchev–Trinajstić information content (AvgIpc) is 3.32. The molecule has 3 aromatic rings. The summed E-state index contributed by atoms with van der Waals surface area (Å²) in [6.07, 6.45) is 3.55. The Labute approximate surface area is 200 Å². The fraction of sp³-hybridized carbons (Fsp3) is 0.125. The third-order valence-electron chi connectivity index (χ3n) is 4.49. The molecule has 0 saturated carbocycles. The first-order valence-electron chi connectivity index (χ1n) is 9.82. The third-order valence-corrected chi connectivity index (χ3v) is 6.61. The van der Waals surface area contributed by atoms with Gasteiger partial charge in [-0.25, -0.2) is 4.98 Å². The molecule has 0 bridgehead atoms. The van der Waals surface area contributed by atoms with Gasteiger partial charge < -0.3 is 4.74 Å². The minimum atomic E-state index is -0.0926. The predicted molar refractivity (Wildman–Crippen MR) is 134 cm³/mol. The fourth-order valence-corrected chi connectivity index (χ4v) is 4.75. The van der Waals surface area contributed by atoms with E-state index in [-0.39, 0.29) is 5.91 Å². The van der Waals surface area contributed by atoms with E-state index in [2.05, 4.69) is 16.6 Å². The first kappa shape index (κ1) is 22.3. The Morgan fingerprint density at radius 1 is 1.19 bits per heavy atom. The van der Waals surface area contributed by atoms with Gasteiger partial charge >= 0.3 is 0 Å². The van der Waals surface area contributed by atoms with Crippen LogP contribution in [0.4, 0.5) is 5.13 Å². The second-order valence-electron chi connectivity index (χ2n) is 6.97. The molecule has 0 unspecified atom stereocenters. The van der Waals surface area contributed by atoms with Gasteiger partial charge in [0.05, 0.1) is 10.6 Å². The van der Waals surface area contributed by atoms with Crippen LogP contribution in [0.2, 0.25) is 5.02 Å². The maximum absolute atomic E-state index is 12.9. The van der Waals surface area contributed by atoms with E-state index in [0.29, 0.717) is 33.4 Å². The van der Waals surface area contributed by atoms with Crippen molar-refractivity contribution in [3.63, 3.8) is 0 Å². The number of rotatable bonds is 7. The predicted octanol–water partition coefficient (Wildman–Crippen LogP) is 6.47. The monoisotopic (exact) mass is 481 g/mol. The van der Waals surface area contributed by atoms with E-state index in [1.165, 1.54) is 23.1 Å². The van der Waals surface area contributed by atoms with Crippen molar-refractivity contribution in [2.75, 3.05) is 6.54 Å². The Hall–Kier alpha value is -2.87. The molecule has 162 valence electrons. The highest BCUT2D eigenvalue weighted by molar-refractivity contribution is 8.18. The van der Waals surface area contributed by atoms with Crippen molar-refractivity contribution in [2.45, 2.75) is 13.5 Å². The van der Waals surface area contributed by atoms with E-state index in [1.807, 2.05) is 66.9 Å². The van der Waals surface area contributed by atoms with Gasteiger partial charge in [0.1, 0.15) is 12.4 Å². The molecule has 0 atom stereocenters. The molecule has 0 spiro atoms. The number of thiazole rings is 1. The molecule has 1 aromatic heterocycles. The maximum Gasteiger partial charge on any atom is 0.267 e. The van der Waals surface area contributed by atoms with Crippen LogP contribution < -0.4 is 4.74 Å². The lowest BCUT2D eigenvalue weighted by Crippen LogP contribution is -2.29. The highest BCUT2D eigenvalue weighted by Gasteiger charge is 2.32. The van der Waals surface area contributed by atoms with Gasteiger partial charge in [-0.3, -0.25) is 9.69 Å². The summed E-state index contributed by atoms with van der Waals surface area (Å²) in [6.45, 7) is 6.52. The molecule has 32 heavy (non-hydrogen) atoms. The Morgan fingerprint density at radius 2 is 1.94 bits per heavy atom. The average molecular weight is 482 g/mol. The van der Waals surface area contributed by atoms with Crippen LogP contribution >= 0.6 is 34.7 Å². The molecule has 1 amide bonds. The molecule has 1 fully saturated rings. The Kier molecular flexibility index (Phi) is 7.09. The summed E-state index contributed by atoms with van der Waals surface area (Å²) in [5.41, 5.74) is 2.86. The first-order valence-corrected chi connectivity index (χ1v) is 11.9. The number of amidine groups is 1. The third kappa shape index (κ3) is 5.48. The van der Waals surface area contributed by atoms with Crippen molar-refractivity contribution in [3.8, 4) is 5.75 Å². The van der Waals surface area contributed by atoms with Crippen molar-refractivity contribution in [1.82, 2.24) is 9.88 Å². The molecule has 0 aliphatic carbocycles. The van der Waals surface area contributed by atoms with Crippen LogP contribution in [0.25, 0.3) is 6.08 Å². The zero-order chi connectivity index (χ0) is 22.5. The number of aryl methyl sites for hydroxylation is 1. The van der Waals surface area contributed by atoms with E-state index in [9.17, 15) is 4.79 Å². The molecule has 0 N–H and O–H groups in total. The molecular formula is C24H20ClN3O2S2. The lowest BCUT2D eigenvalue weighted by Gasteiger charge is -2.11. The Bertz CT molecular complexity index is 1180. The van der Waals surface area contributed by atoms with Crippen LogP contribution in [0.5, 0.6) is 5.75 Å². The normalized spacial score (nSPS) is 16.2. The van der Waals surface area contributed by atoms with Gasteiger partial charge in [0.15, 0.2) is 5.17 Å². The maximum atomic E-state index is 12.9. The van der Waals surface area contributed by atoms with Gasteiger partial charge in [0, 0.05) is 16.9 Å². The first-order chi connectivity index (χ1) is 15.5. The summed E-state index contributed by atoms with van der Waals surface area (Å²) in [5.74, 6) is 0.659. The lowest BCUT2D eigenvalue weighted by molar-refractivity contribution is -0.121. The minimum Gasteiger partial charge on any atom is -0.489 e. The van der Waals surface area contributed by atoms with E-state index >= 15 is 0 Å². The molecule has 5 nitrogen and oxygen atoms in total. The molecule has 8 heteroatoms. The van der Waals surface area contributed by atoms with Crippen LogP contribution in [0.3, 0.4) is 0 Å². The number of carbonyl (C=O) groups excluding carboxylic acids is 1. The molecule has 0 radical (unpaired) electrons. The summed E-state index contributed by atoms with van der Waals surface area (Å²) in [7, 11) is 0. The van der Waals surface area contributed by atoms with E-state index in [1.54, 1.807) is 11.0 Å². The molecule has 1 aliphatic heterocycles. The van der Waals surface area contributed by atoms with Gasteiger partial charge in [0.25, 0.3) is 5.91 Å². The number of ether oxygens (including phenoxy) is 1. The molecule has 2 heterocycles. The summed E-state index contributed by atoms with van der Waals surface area (Å²) >= 11 is 8.71. The van der Waals surface area contributed by atoms with Crippen molar-refractivity contribution in [2.24, 2.45) is 4.99 Å². The number of thioether (sulfide) groups is 1. The zero-order valence-corrected chi connectivity index (χ0v) is 19.7. The topological polar surface area (TPSA) is 54.8 Å². The smallest absolute Gasteiger partial charge is 0.267 e. The van der Waals surface area contributed by atoms with E-state index in [4.69, 9.17) is 16.3 Å². The number of aromatic nitrogens is 1. The largest absolute Gasteiger partial charge is 0.489 e. The fourth-order valence-electron chi connectivity index (χ4n) is 2.92. The summed E-state index contributed by atoms with van der Waals surface area (Å²) in [6, 6.07) is 15.2. The number of aliphatic imine (C=N–C) groups is 1. The number of halogens is 1. The van der Waals surface area contributed by atoms with Gasteiger partial charge in [-0.1, -0.05) is 41.9 Å². The van der Waals surface area contributed by atoms with Gasteiger partial charge in [-0.15, -0.1) is 17.9 Å². The highest BCUT2D eigenvalue weighted by atomic mass is 35.5. The second-order valence-corrected chi connectivity index (χ2v) is 9.25. The van der Waals surface area contributed by atoms with Crippen molar-refractivity contribution in [3.05, 3.63) is 93.3 Å². The molecule has 4 rings (SSSR count). The highest BCUT2D eigenvalue weighted by Crippen LogP contribution is 2.35. The molecule has 2 aromatic carbocycles. The number of carbonyl (C=O) groups is 1. The Balaban J connectivity index is 1.47. The van der Waals surface area contributed by atoms with Crippen LogP contribution in [0.15, 0.2) is 76.5 Å². The van der Waals surface area contributed by atoms with E-state index in [0.717, 1.165) is 22.6 Å². The van der Waals surface area contributed by atoms with Crippen molar-refractivity contribution < 1.29 is 9.53 Å². The Morgan fingerprint density at radius 3 is 2.59 bits per heavy atom. The van der Waals surface area contributed by atoms with Crippen LogP contribution in [0, 0.1) is 6.92 Å². The van der Waals surface area contributed by atoms with Crippen molar-refractivity contribution >= 4 is 57.0 Å². The van der Waals surface area contributed by atoms with Crippen LogP contribution in [-0.2, 0) is 11.4 Å². The quantitative estimate of drug-likeness (QED) is 0.286. The number of amides is 1. The molecule has 1 aliphatic rings. The zero-order valence-electron chi connectivity index (χ0n) is 17.3. The van der Waals surface area contributed by atoms with Crippen LogP contribution in [-0.4, -0.2) is 27.5 Å². The summed E-state index contributed by atoms with van der Waals surface area (Å²) in [4.78, 5) is 24.1. The minimum absolute atomic E-state index is 0.0926. The number of hydrogen-bond donors (Lipinski definition) is 0.